The van der Waals surface area contributed by atoms with E-state index in [1.165, 1.54) is 0 Å². The molecule has 1 aromatic carbocycles. The van der Waals surface area contributed by atoms with Crippen molar-refractivity contribution in [2.45, 2.75) is 6.54 Å². The van der Waals surface area contributed by atoms with Crippen LogP contribution in [0.15, 0.2) is 18.2 Å². The molecule has 0 aliphatic heterocycles. The molecule has 0 aliphatic rings. The number of hydrogen-bond donors (Lipinski definition) is 2. The third kappa shape index (κ3) is 4.49. The van der Waals surface area contributed by atoms with Crippen LogP contribution in [-0.4, -0.2) is 13.1 Å². The molecule has 0 fully saturated rings. The highest BCUT2D eigenvalue weighted by Gasteiger charge is 1.99. The van der Waals surface area contributed by atoms with Crippen molar-refractivity contribution >= 4 is 35.6 Å². The van der Waals surface area contributed by atoms with E-state index >= 15 is 0 Å². The molecule has 1 rings (SSSR count). The van der Waals surface area contributed by atoms with Crippen molar-refractivity contribution in [2.75, 3.05) is 13.1 Å². The van der Waals surface area contributed by atoms with Crippen LogP contribution in [0.25, 0.3) is 0 Å². The number of hydrogen-bond acceptors (Lipinski definition) is 2. The van der Waals surface area contributed by atoms with E-state index < -0.39 is 0 Å². The van der Waals surface area contributed by atoms with E-state index in [1.54, 1.807) is 6.07 Å². The monoisotopic (exact) mass is 254 g/mol. The lowest BCUT2D eigenvalue weighted by molar-refractivity contribution is 0.695. The van der Waals surface area contributed by atoms with E-state index in [9.17, 15) is 0 Å². The van der Waals surface area contributed by atoms with Crippen molar-refractivity contribution in [3.05, 3.63) is 33.8 Å². The first-order chi connectivity index (χ1) is 6.24. The van der Waals surface area contributed by atoms with Gasteiger partial charge in [0.1, 0.15) is 0 Å². The summed E-state index contributed by atoms with van der Waals surface area (Å²) in [5.74, 6) is 0. The van der Waals surface area contributed by atoms with E-state index in [1.807, 2.05) is 12.1 Å². The van der Waals surface area contributed by atoms with Gasteiger partial charge < -0.3 is 11.1 Å². The second-order valence-electron chi connectivity index (χ2n) is 2.70. The molecule has 80 valence electrons. The van der Waals surface area contributed by atoms with Gasteiger partial charge in [-0.25, -0.2) is 0 Å². The zero-order valence-corrected chi connectivity index (χ0v) is 9.92. The molecule has 2 nitrogen and oxygen atoms in total. The van der Waals surface area contributed by atoms with Crippen LogP contribution in [0.4, 0.5) is 0 Å². The third-order valence-electron chi connectivity index (χ3n) is 1.65. The van der Waals surface area contributed by atoms with Gasteiger partial charge in [-0.2, -0.15) is 0 Å². The number of nitrogens with two attached hydrogens (primary N) is 1. The van der Waals surface area contributed by atoms with E-state index in [2.05, 4.69) is 5.32 Å². The average Bonchev–Trinajstić information content (AvgIpc) is 2.09. The van der Waals surface area contributed by atoms with Gasteiger partial charge in [0, 0.05) is 29.7 Å². The maximum atomic E-state index is 5.95. The normalized spacial score (nSPS) is 9.64. The minimum Gasteiger partial charge on any atom is -0.329 e. The summed E-state index contributed by atoms with van der Waals surface area (Å²) in [5.41, 5.74) is 6.38. The molecule has 0 aromatic heterocycles. The molecule has 0 radical (unpaired) electrons. The van der Waals surface area contributed by atoms with Crippen LogP contribution in [-0.2, 0) is 6.54 Å². The highest BCUT2D eigenvalue weighted by atomic mass is 35.5. The zero-order chi connectivity index (χ0) is 9.68. The van der Waals surface area contributed by atoms with Crippen molar-refractivity contribution in [3.63, 3.8) is 0 Å². The summed E-state index contributed by atoms with van der Waals surface area (Å²) in [7, 11) is 0. The molecule has 0 bridgehead atoms. The molecule has 0 aliphatic carbocycles. The Labute approximate surface area is 100 Å². The van der Waals surface area contributed by atoms with Gasteiger partial charge in [-0.05, 0) is 17.7 Å². The molecule has 0 spiro atoms. The molecule has 0 atom stereocenters. The maximum Gasteiger partial charge on any atom is 0.0465 e. The Morgan fingerprint density at radius 1 is 1.29 bits per heavy atom. The standard InChI is InChI=1S/C9H12Cl2N2.ClH/c10-8-2-1-7(9(11)5-8)6-13-4-3-12;/h1-2,5,13H,3-4,6,12H2;1H. The SMILES string of the molecule is Cl.NCCNCc1ccc(Cl)cc1Cl. The van der Waals surface area contributed by atoms with Crippen LogP contribution in [0.2, 0.25) is 10.0 Å². The van der Waals surface area contributed by atoms with Gasteiger partial charge in [0.25, 0.3) is 0 Å². The fourth-order valence-corrected chi connectivity index (χ4v) is 1.47. The molecular formula is C9H13Cl3N2. The minimum atomic E-state index is 0. The van der Waals surface area contributed by atoms with Crippen LogP contribution < -0.4 is 11.1 Å². The van der Waals surface area contributed by atoms with Gasteiger partial charge in [0.15, 0.2) is 0 Å². The van der Waals surface area contributed by atoms with Gasteiger partial charge in [-0.15, -0.1) is 12.4 Å². The number of nitrogens with one attached hydrogen (secondary N) is 1. The quantitative estimate of drug-likeness (QED) is 0.811. The predicted octanol–water partition coefficient (Wildman–Crippen LogP) is 2.46. The summed E-state index contributed by atoms with van der Waals surface area (Å²) in [6.45, 7) is 2.15. The lowest BCUT2D eigenvalue weighted by Gasteiger charge is -2.05. The van der Waals surface area contributed by atoms with Gasteiger partial charge in [0.2, 0.25) is 0 Å². The van der Waals surface area contributed by atoms with E-state index in [-0.39, 0.29) is 12.4 Å². The summed E-state index contributed by atoms with van der Waals surface area (Å²) < 4.78 is 0. The summed E-state index contributed by atoms with van der Waals surface area (Å²) in [6.07, 6.45) is 0. The second-order valence-corrected chi connectivity index (χ2v) is 3.54. The van der Waals surface area contributed by atoms with Gasteiger partial charge >= 0.3 is 0 Å². The topological polar surface area (TPSA) is 38.0 Å². The first kappa shape index (κ1) is 14.0. The molecule has 0 saturated carbocycles. The summed E-state index contributed by atoms with van der Waals surface area (Å²) >= 11 is 11.7. The maximum absolute atomic E-state index is 5.95. The van der Waals surface area contributed by atoms with Gasteiger partial charge in [0.05, 0.1) is 0 Å². The van der Waals surface area contributed by atoms with Gasteiger partial charge in [-0.3, -0.25) is 0 Å². The van der Waals surface area contributed by atoms with E-state index in [4.69, 9.17) is 28.9 Å². The van der Waals surface area contributed by atoms with Crippen LogP contribution in [0.5, 0.6) is 0 Å². The molecular weight excluding hydrogens is 242 g/mol. The Balaban J connectivity index is 0.00000169. The molecule has 3 N–H and O–H groups in total. The van der Waals surface area contributed by atoms with Crippen molar-refractivity contribution in [3.8, 4) is 0 Å². The van der Waals surface area contributed by atoms with Crippen molar-refractivity contribution < 1.29 is 0 Å². The Kier molecular flexibility index (Phi) is 7.33. The Morgan fingerprint density at radius 3 is 2.57 bits per heavy atom. The fraction of sp³-hybridized carbons (Fsp3) is 0.333. The lowest BCUT2D eigenvalue weighted by Crippen LogP contribution is -2.21. The van der Waals surface area contributed by atoms with Crippen molar-refractivity contribution in [2.24, 2.45) is 5.73 Å². The third-order valence-corrected chi connectivity index (χ3v) is 2.24. The second kappa shape index (κ2) is 7.32. The Bertz CT molecular complexity index is 279. The first-order valence-electron chi connectivity index (χ1n) is 4.08. The Morgan fingerprint density at radius 2 is 2.00 bits per heavy atom. The molecule has 0 unspecified atom stereocenters. The summed E-state index contributed by atoms with van der Waals surface area (Å²) in [5, 5.41) is 4.51. The highest BCUT2D eigenvalue weighted by Crippen LogP contribution is 2.20. The van der Waals surface area contributed by atoms with E-state index in [0.29, 0.717) is 16.6 Å². The molecule has 0 saturated heterocycles. The molecule has 1 aromatic rings. The lowest BCUT2D eigenvalue weighted by atomic mass is 10.2. The molecule has 0 amide bonds. The number of rotatable bonds is 4. The summed E-state index contributed by atoms with van der Waals surface area (Å²) in [6, 6.07) is 5.48. The van der Waals surface area contributed by atoms with Gasteiger partial charge in [-0.1, -0.05) is 29.3 Å². The average molecular weight is 256 g/mol. The predicted molar refractivity (Wildman–Crippen MR) is 64.5 cm³/mol. The zero-order valence-electron chi connectivity index (χ0n) is 7.59. The summed E-state index contributed by atoms with van der Waals surface area (Å²) in [4.78, 5) is 0. The highest BCUT2D eigenvalue weighted by molar-refractivity contribution is 6.35. The van der Waals surface area contributed by atoms with Crippen molar-refractivity contribution in [1.29, 1.82) is 0 Å². The molecule has 5 heteroatoms. The fourth-order valence-electron chi connectivity index (χ4n) is 0.990. The number of halogens is 3. The van der Waals surface area contributed by atoms with E-state index in [0.717, 1.165) is 18.7 Å². The number of benzene rings is 1. The minimum absolute atomic E-state index is 0. The first-order valence-corrected chi connectivity index (χ1v) is 4.84. The van der Waals surface area contributed by atoms with Crippen molar-refractivity contribution in [1.82, 2.24) is 5.32 Å². The Hall–Kier alpha value is 0.01000. The van der Waals surface area contributed by atoms with Crippen LogP contribution in [0.3, 0.4) is 0 Å². The van der Waals surface area contributed by atoms with Crippen LogP contribution in [0.1, 0.15) is 5.56 Å². The smallest absolute Gasteiger partial charge is 0.0465 e. The molecule has 0 heterocycles. The van der Waals surface area contributed by atoms with Crippen LogP contribution >= 0.6 is 35.6 Å². The largest absolute Gasteiger partial charge is 0.329 e. The molecule has 14 heavy (non-hydrogen) atoms. The van der Waals surface area contributed by atoms with Crippen LogP contribution in [0, 0.1) is 0 Å².